The molecule has 1 saturated carbocycles. The number of hydrogen-bond acceptors (Lipinski definition) is 2. The molecule has 0 unspecified atom stereocenters. The summed E-state index contributed by atoms with van der Waals surface area (Å²) >= 11 is 0. The van der Waals surface area contributed by atoms with Crippen LogP contribution in [0.1, 0.15) is 52.1 Å². The van der Waals surface area contributed by atoms with Gasteiger partial charge < -0.3 is 10.6 Å². The Morgan fingerprint density at radius 3 is 2.76 bits per heavy atom. The summed E-state index contributed by atoms with van der Waals surface area (Å²) in [5, 5.41) is 13.8. The van der Waals surface area contributed by atoms with Gasteiger partial charge in [0.15, 0.2) is 5.96 Å². The zero-order valence-electron chi connectivity index (χ0n) is 13.6. The van der Waals surface area contributed by atoms with Crippen LogP contribution >= 0.6 is 0 Å². The third-order valence-electron chi connectivity index (χ3n) is 4.20. The van der Waals surface area contributed by atoms with Crippen LogP contribution in [-0.4, -0.2) is 29.2 Å². The van der Waals surface area contributed by atoms with Gasteiger partial charge in [0, 0.05) is 19.3 Å². The number of hydrogen-bond donors (Lipinski definition) is 3. The van der Waals surface area contributed by atoms with Crippen molar-refractivity contribution in [1.82, 2.24) is 20.8 Å². The predicted octanol–water partition coefficient (Wildman–Crippen LogP) is 2.68. The zero-order chi connectivity index (χ0) is 15.1. The summed E-state index contributed by atoms with van der Waals surface area (Å²) in [6.07, 6.45) is 7.13. The minimum absolute atomic E-state index is 0.484. The molecule has 0 atom stereocenters. The molecule has 3 N–H and O–H groups in total. The Morgan fingerprint density at radius 1 is 1.43 bits per heavy atom. The fourth-order valence-electron chi connectivity index (χ4n) is 3.15. The van der Waals surface area contributed by atoms with E-state index >= 15 is 0 Å². The molecule has 1 aliphatic carbocycles. The molecule has 0 amide bonds. The third-order valence-corrected chi connectivity index (χ3v) is 4.20. The summed E-state index contributed by atoms with van der Waals surface area (Å²) < 4.78 is 0. The van der Waals surface area contributed by atoms with E-state index in [9.17, 15) is 0 Å². The highest BCUT2D eigenvalue weighted by Gasteiger charge is 2.37. The lowest BCUT2D eigenvalue weighted by atomic mass is 9.64. The molecule has 2 rings (SSSR count). The van der Waals surface area contributed by atoms with Crippen molar-refractivity contribution in [1.29, 1.82) is 0 Å². The lowest BCUT2D eigenvalue weighted by Crippen LogP contribution is -2.47. The molecule has 1 fully saturated rings. The molecule has 1 aromatic rings. The standard InChI is InChI=1S/C16H29N5/c1-4-17-15(18-11-14-6-9-20-21-14)19-12-16(7-5-8-16)10-13(2)3/h6,9,13H,4-5,7-8,10-12H2,1-3H3,(H,20,21)(H2,17,18,19). The van der Waals surface area contributed by atoms with Crippen LogP contribution in [0.5, 0.6) is 0 Å². The first-order valence-electron chi connectivity index (χ1n) is 8.14. The second-order valence-electron chi connectivity index (χ2n) is 6.58. The average Bonchev–Trinajstić information content (AvgIpc) is 2.91. The van der Waals surface area contributed by atoms with Gasteiger partial charge in [-0.15, -0.1) is 0 Å². The average molecular weight is 291 g/mol. The smallest absolute Gasteiger partial charge is 0.191 e. The second-order valence-corrected chi connectivity index (χ2v) is 6.58. The molecule has 21 heavy (non-hydrogen) atoms. The summed E-state index contributed by atoms with van der Waals surface area (Å²) in [6, 6.07) is 1.96. The van der Waals surface area contributed by atoms with Crippen LogP contribution in [0.25, 0.3) is 0 Å². The van der Waals surface area contributed by atoms with Crippen LogP contribution in [0.15, 0.2) is 17.3 Å². The maximum absolute atomic E-state index is 4.62. The van der Waals surface area contributed by atoms with Crippen molar-refractivity contribution < 1.29 is 0 Å². The van der Waals surface area contributed by atoms with Crippen molar-refractivity contribution in [3.8, 4) is 0 Å². The maximum Gasteiger partial charge on any atom is 0.191 e. The zero-order valence-corrected chi connectivity index (χ0v) is 13.6. The van der Waals surface area contributed by atoms with E-state index < -0.39 is 0 Å². The Labute approximate surface area is 128 Å². The van der Waals surface area contributed by atoms with Crippen LogP contribution in [0.3, 0.4) is 0 Å². The van der Waals surface area contributed by atoms with Crippen molar-refractivity contribution in [3.05, 3.63) is 18.0 Å². The Balaban J connectivity index is 1.88. The third kappa shape index (κ3) is 4.76. The molecule has 1 heterocycles. The summed E-state index contributed by atoms with van der Waals surface area (Å²) in [7, 11) is 0. The molecule has 118 valence electrons. The second kappa shape index (κ2) is 7.48. The summed E-state index contributed by atoms with van der Waals surface area (Å²) in [5.41, 5.74) is 1.52. The van der Waals surface area contributed by atoms with Crippen molar-refractivity contribution in [2.75, 3.05) is 13.1 Å². The Bertz CT molecular complexity index is 432. The predicted molar refractivity (Wildman–Crippen MR) is 87.1 cm³/mol. The number of aromatic amines is 1. The fourth-order valence-corrected chi connectivity index (χ4v) is 3.15. The fraction of sp³-hybridized carbons (Fsp3) is 0.750. The molecule has 1 aliphatic rings. The van der Waals surface area contributed by atoms with E-state index in [2.05, 4.69) is 46.6 Å². The highest BCUT2D eigenvalue weighted by Crippen LogP contribution is 2.45. The maximum atomic E-state index is 4.62. The van der Waals surface area contributed by atoms with E-state index in [1.54, 1.807) is 6.20 Å². The van der Waals surface area contributed by atoms with Gasteiger partial charge in [0.25, 0.3) is 0 Å². The normalized spacial score (nSPS) is 17.6. The van der Waals surface area contributed by atoms with E-state index in [0.29, 0.717) is 12.0 Å². The molecule has 0 saturated heterocycles. The van der Waals surface area contributed by atoms with Gasteiger partial charge in [-0.2, -0.15) is 5.10 Å². The van der Waals surface area contributed by atoms with Gasteiger partial charge in [-0.1, -0.05) is 20.3 Å². The van der Waals surface area contributed by atoms with E-state index in [1.165, 1.54) is 25.7 Å². The molecule has 0 aromatic carbocycles. The monoisotopic (exact) mass is 291 g/mol. The highest BCUT2D eigenvalue weighted by atomic mass is 15.2. The van der Waals surface area contributed by atoms with Crippen LogP contribution in [-0.2, 0) is 6.54 Å². The van der Waals surface area contributed by atoms with Gasteiger partial charge in [0.1, 0.15) is 0 Å². The SMILES string of the molecule is CCNC(=NCc1ccn[nH]1)NCC1(CC(C)C)CCC1. The summed E-state index contributed by atoms with van der Waals surface area (Å²) in [6.45, 7) is 9.27. The van der Waals surface area contributed by atoms with E-state index in [1.807, 2.05) is 6.07 Å². The highest BCUT2D eigenvalue weighted by molar-refractivity contribution is 5.79. The minimum Gasteiger partial charge on any atom is -0.357 e. The molecule has 0 bridgehead atoms. The minimum atomic E-state index is 0.484. The largest absolute Gasteiger partial charge is 0.357 e. The number of nitrogens with zero attached hydrogens (tertiary/aromatic N) is 2. The molecule has 0 spiro atoms. The van der Waals surface area contributed by atoms with Crippen molar-refractivity contribution >= 4 is 5.96 Å². The van der Waals surface area contributed by atoms with Gasteiger partial charge in [0.05, 0.1) is 12.2 Å². The quantitative estimate of drug-likeness (QED) is 0.534. The van der Waals surface area contributed by atoms with Gasteiger partial charge >= 0.3 is 0 Å². The number of H-pyrrole nitrogens is 1. The molecule has 1 aromatic heterocycles. The number of guanidine groups is 1. The first kappa shape index (κ1) is 15.9. The van der Waals surface area contributed by atoms with Crippen LogP contribution in [0, 0.1) is 11.3 Å². The van der Waals surface area contributed by atoms with Crippen molar-refractivity contribution in [2.24, 2.45) is 16.3 Å². The summed E-state index contributed by atoms with van der Waals surface area (Å²) in [5.74, 6) is 1.67. The topological polar surface area (TPSA) is 65.1 Å². The first-order chi connectivity index (χ1) is 10.1. The summed E-state index contributed by atoms with van der Waals surface area (Å²) in [4.78, 5) is 4.62. The first-order valence-corrected chi connectivity index (χ1v) is 8.14. The lowest BCUT2D eigenvalue weighted by Gasteiger charge is -2.43. The molecule has 5 nitrogen and oxygen atoms in total. The Morgan fingerprint density at radius 2 is 2.24 bits per heavy atom. The molecule has 0 aliphatic heterocycles. The van der Waals surface area contributed by atoms with Gasteiger partial charge in [-0.05, 0) is 43.6 Å². The van der Waals surface area contributed by atoms with Crippen molar-refractivity contribution in [3.63, 3.8) is 0 Å². The van der Waals surface area contributed by atoms with E-state index in [0.717, 1.165) is 30.7 Å². The molecular weight excluding hydrogens is 262 g/mol. The number of aromatic nitrogens is 2. The van der Waals surface area contributed by atoms with Gasteiger partial charge in [0.2, 0.25) is 0 Å². The molecule has 0 radical (unpaired) electrons. The van der Waals surface area contributed by atoms with Crippen molar-refractivity contribution in [2.45, 2.75) is 53.0 Å². The van der Waals surface area contributed by atoms with Crippen LogP contribution in [0.4, 0.5) is 0 Å². The van der Waals surface area contributed by atoms with E-state index in [4.69, 9.17) is 0 Å². The van der Waals surface area contributed by atoms with E-state index in [-0.39, 0.29) is 0 Å². The molecular formula is C16H29N5. The van der Waals surface area contributed by atoms with Crippen LogP contribution in [0.2, 0.25) is 0 Å². The Kier molecular flexibility index (Phi) is 5.65. The number of nitrogens with one attached hydrogen (secondary N) is 3. The number of rotatable bonds is 7. The van der Waals surface area contributed by atoms with Gasteiger partial charge in [-0.25, -0.2) is 4.99 Å². The Hall–Kier alpha value is -1.52. The lowest BCUT2D eigenvalue weighted by molar-refractivity contribution is 0.104. The number of aliphatic imine (C=N–C) groups is 1. The van der Waals surface area contributed by atoms with Gasteiger partial charge in [-0.3, -0.25) is 5.10 Å². The molecule has 5 heteroatoms. The van der Waals surface area contributed by atoms with Crippen LogP contribution < -0.4 is 10.6 Å².